The first kappa shape index (κ1) is 23.4. The van der Waals surface area contributed by atoms with E-state index in [1.54, 1.807) is 12.1 Å². The second-order valence-electron chi connectivity index (χ2n) is 10.7. The van der Waals surface area contributed by atoms with Gasteiger partial charge in [0.05, 0.1) is 17.6 Å². The van der Waals surface area contributed by atoms with Crippen LogP contribution in [0.5, 0.6) is 0 Å². The first-order valence-corrected chi connectivity index (χ1v) is 13.0. The van der Waals surface area contributed by atoms with Crippen molar-refractivity contribution < 1.29 is 23.2 Å². The second-order valence-corrected chi connectivity index (χ2v) is 10.7. The number of piperidine rings is 2. The van der Waals surface area contributed by atoms with Crippen LogP contribution in [0.4, 0.5) is 9.18 Å². The van der Waals surface area contributed by atoms with Crippen LogP contribution in [0.1, 0.15) is 62.2 Å². The van der Waals surface area contributed by atoms with Crippen LogP contribution < -0.4 is 5.32 Å². The monoisotopic (exact) mass is 497 g/mol. The first-order chi connectivity index (χ1) is 17.4. The lowest BCUT2D eigenvalue weighted by molar-refractivity contribution is -0.139. The predicted molar refractivity (Wildman–Crippen MR) is 127 cm³/mol. The third-order valence-corrected chi connectivity index (χ3v) is 8.45. The Morgan fingerprint density at radius 3 is 2.53 bits per heavy atom. The summed E-state index contributed by atoms with van der Waals surface area (Å²) in [5.41, 5.74) is 0.361. The standard InChI is InChI=1S/C26H32FN5O4/c1-26(17-4-6-19(27)7-5-17,24-29-23(30-36-24)16-2-3-16)18-8-11-31(12-9-18)25(34)32-13-10-21-20(14-32)28-22(33)15-35-21/h4-7,16,18,20-21H,2-3,8-15H2,1H3,(H,28,33)/t20-,21+,26?/m1/s1. The number of likely N-dealkylation sites (tertiary alicyclic amines) is 2. The van der Waals surface area contributed by atoms with Gasteiger partial charge in [-0.15, -0.1) is 0 Å². The zero-order valence-corrected chi connectivity index (χ0v) is 20.5. The molecule has 0 spiro atoms. The number of halogens is 1. The van der Waals surface area contributed by atoms with Gasteiger partial charge in [-0.3, -0.25) is 4.79 Å². The van der Waals surface area contributed by atoms with Gasteiger partial charge in [-0.2, -0.15) is 4.98 Å². The number of fused-ring (bicyclic) bond motifs is 1. The Bertz CT molecular complexity index is 1130. The van der Waals surface area contributed by atoms with Crippen LogP contribution in [0.3, 0.4) is 0 Å². The predicted octanol–water partition coefficient (Wildman–Crippen LogP) is 2.81. The molecule has 4 fully saturated rings. The highest BCUT2D eigenvalue weighted by Crippen LogP contribution is 2.45. The number of benzene rings is 1. The molecule has 4 heterocycles. The van der Waals surface area contributed by atoms with Crippen molar-refractivity contribution in [1.29, 1.82) is 0 Å². The average Bonchev–Trinajstić information content (AvgIpc) is 3.63. The Morgan fingerprint density at radius 2 is 1.81 bits per heavy atom. The maximum atomic E-state index is 13.7. The number of ether oxygens (including phenoxy) is 1. The van der Waals surface area contributed by atoms with E-state index in [0.717, 1.165) is 43.5 Å². The molecule has 192 valence electrons. The first-order valence-electron chi connectivity index (χ1n) is 13.0. The Hall–Kier alpha value is -3.01. The van der Waals surface area contributed by atoms with Crippen molar-refractivity contribution in [2.75, 3.05) is 32.8 Å². The van der Waals surface area contributed by atoms with Crippen LogP contribution in [-0.4, -0.2) is 76.8 Å². The topological polar surface area (TPSA) is 101 Å². The van der Waals surface area contributed by atoms with Gasteiger partial charge in [0, 0.05) is 32.1 Å². The molecule has 0 bridgehead atoms. The molecular weight excluding hydrogens is 465 g/mol. The van der Waals surface area contributed by atoms with Crippen LogP contribution in [0.25, 0.3) is 0 Å². The third kappa shape index (κ3) is 4.25. The molecule has 0 radical (unpaired) electrons. The van der Waals surface area contributed by atoms with Crippen LogP contribution in [0.15, 0.2) is 28.8 Å². The number of nitrogens with zero attached hydrogens (tertiary/aromatic N) is 4. The van der Waals surface area contributed by atoms with Gasteiger partial charge < -0.3 is 24.4 Å². The van der Waals surface area contributed by atoms with Gasteiger partial charge >= 0.3 is 6.03 Å². The van der Waals surface area contributed by atoms with Crippen molar-refractivity contribution in [2.24, 2.45) is 5.92 Å². The molecule has 6 rings (SSSR count). The molecule has 3 amide bonds. The van der Waals surface area contributed by atoms with E-state index in [1.807, 2.05) is 9.80 Å². The smallest absolute Gasteiger partial charge is 0.320 e. The molecule has 3 aliphatic heterocycles. The minimum Gasteiger partial charge on any atom is -0.366 e. The normalized spacial score (nSPS) is 26.8. The molecule has 1 saturated carbocycles. The molecule has 3 atom stereocenters. The zero-order chi connectivity index (χ0) is 24.9. The number of hydrogen-bond donors (Lipinski definition) is 1. The number of aromatic nitrogens is 2. The quantitative estimate of drug-likeness (QED) is 0.697. The lowest BCUT2D eigenvalue weighted by Gasteiger charge is -2.45. The van der Waals surface area contributed by atoms with E-state index >= 15 is 0 Å². The van der Waals surface area contributed by atoms with E-state index in [-0.39, 0.29) is 42.4 Å². The van der Waals surface area contributed by atoms with Crippen LogP contribution in [0.2, 0.25) is 0 Å². The van der Waals surface area contributed by atoms with Crippen molar-refractivity contribution in [1.82, 2.24) is 25.3 Å². The van der Waals surface area contributed by atoms with Gasteiger partial charge in [0.15, 0.2) is 5.82 Å². The van der Waals surface area contributed by atoms with Gasteiger partial charge in [0.2, 0.25) is 11.8 Å². The largest absolute Gasteiger partial charge is 0.366 e. The average molecular weight is 498 g/mol. The fourth-order valence-corrected chi connectivity index (χ4v) is 6.00. The summed E-state index contributed by atoms with van der Waals surface area (Å²) in [6.45, 7) is 4.50. The van der Waals surface area contributed by atoms with Gasteiger partial charge in [-0.05, 0) is 62.6 Å². The molecule has 4 aliphatic rings. The molecule has 36 heavy (non-hydrogen) atoms. The number of rotatable bonds is 4. The summed E-state index contributed by atoms with van der Waals surface area (Å²) in [5.74, 6) is 1.44. The van der Waals surface area contributed by atoms with E-state index in [9.17, 15) is 14.0 Å². The summed E-state index contributed by atoms with van der Waals surface area (Å²) in [7, 11) is 0. The maximum Gasteiger partial charge on any atom is 0.320 e. The maximum absolute atomic E-state index is 13.7. The molecule has 1 unspecified atom stereocenters. The van der Waals surface area contributed by atoms with Crippen LogP contribution >= 0.6 is 0 Å². The molecule has 2 aromatic rings. The Morgan fingerprint density at radius 1 is 1.08 bits per heavy atom. The molecule has 1 aromatic heterocycles. The van der Waals surface area contributed by atoms with Crippen LogP contribution in [-0.2, 0) is 14.9 Å². The summed E-state index contributed by atoms with van der Waals surface area (Å²) >= 11 is 0. The van der Waals surface area contributed by atoms with E-state index in [4.69, 9.17) is 14.2 Å². The Labute approximate surface area is 209 Å². The number of carbonyl (C=O) groups is 2. The summed E-state index contributed by atoms with van der Waals surface area (Å²) in [4.78, 5) is 33.6. The molecule has 9 nitrogen and oxygen atoms in total. The Kier molecular flexibility index (Phi) is 5.94. The molecular formula is C26H32FN5O4. The van der Waals surface area contributed by atoms with Crippen molar-refractivity contribution in [3.63, 3.8) is 0 Å². The molecule has 1 aromatic carbocycles. The van der Waals surface area contributed by atoms with Crippen molar-refractivity contribution in [2.45, 2.75) is 62.5 Å². The van der Waals surface area contributed by atoms with E-state index in [2.05, 4.69) is 17.4 Å². The third-order valence-electron chi connectivity index (χ3n) is 8.45. The summed E-state index contributed by atoms with van der Waals surface area (Å²) < 4.78 is 25.2. The number of urea groups is 1. The highest BCUT2D eigenvalue weighted by molar-refractivity contribution is 5.79. The summed E-state index contributed by atoms with van der Waals surface area (Å²) in [6, 6.07) is 6.41. The van der Waals surface area contributed by atoms with E-state index in [1.165, 1.54) is 12.1 Å². The number of hydrogen-bond acceptors (Lipinski definition) is 6. The lowest BCUT2D eigenvalue weighted by Crippen LogP contribution is -2.62. The Balaban J connectivity index is 1.17. The zero-order valence-electron chi connectivity index (χ0n) is 20.5. The molecule has 10 heteroatoms. The fraction of sp³-hybridized carbons (Fsp3) is 0.615. The van der Waals surface area contributed by atoms with Gasteiger partial charge in [0.25, 0.3) is 0 Å². The highest BCUT2D eigenvalue weighted by Gasteiger charge is 2.46. The van der Waals surface area contributed by atoms with Gasteiger partial charge in [0.1, 0.15) is 12.4 Å². The molecule has 3 saturated heterocycles. The van der Waals surface area contributed by atoms with E-state index < -0.39 is 5.41 Å². The van der Waals surface area contributed by atoms with Gasteiger partial charge in [-0.1, -0.05) is 17.3 Å². The number of nitrogens with one attached hydrogen (secondary N) is 1. The second kappa shape index (κ2) is 9.14. The number of carbonyl (C=O) groups excluding carboxylic acids is 2. The summed E-state index contributed by atoms with van der Waals surface area (Å²) in [6.07, 6.45) is 4.39. The highest BCUT2D eigenvalue weighted by atomic mass is 19.1. The summed E-state index contributed by atoms with van der Waals surface area (Å²) in [5, 5.41) is 7.21. The van der Waals surface area contributed by atoms with Crippen LogP contribution in [0, 0.1) is 11.7 Å². The molecule has 1 N–H and O–H groups in total. The van der Waals surface area contributed by atoms with Crippen molar-refractivity contribution >= 4 is 11.9 Å². The fourth-order valence-electron chi connectivity index (χ4n) is 6.00. The van der Waals surface area contributed by atoms with Crippen molar-refractivity contribution in [3.8, 4) is 0 Å². The molecule has 1 aliphatic carbocycles. The minimum atomic E-state index is -0.578. The van der Waals surface area contributed by atoms with E-state index in [0.29, 0.717) is 38.0 Å². The SMILES string of the molecule is CC(c1ccc(F)cc1)(c1nc(C2CC2)no1)C1CCN(C(=O)N2CC[C@@H]3OCC(=O)N[C@@H]3C2)CC1. The number of morpholine rings is 1. The minimum absolute atomic E-state index is 0.00372. The van der Waals surface area contributed by atoms with Crippen molar-refractivity contribution in [3.05, 3.63) is 47.4 Å². The van der Waals surface area contributed by atoms with Gasteiger partial charge in [-0.25, -0.2) is 9.18 Å². The lowest BCUT2D eigenvalue weighted by atomic mass is 9.67. The number of amides is 3.